The summed E-state index contributed by atoms with van der Waals surface area (Å²) >= 11 is 3.85. The third-order valence-corrected chi connectivity index (χ3v) is 1.78. The van der Waals surface area contributed by atoms with Crippen molar-refractivity contribution < 1.29 is 4.79 Å². The first-order chi connectivity index (χ1) is 5.31. The maximum Gasteiger partial charge on any atom is 0.229 e. The molecule has 1 amide bonds. The molecule has 2 nitrogen and oxygen atoms in total. The third kappa shape index (κ3) is 7.72. The normalized spacial score (nSPS) is 9.64. The quantitative estimate of drug-likeness (QED) is 0.466. The van der Waals surface area contributed by atoms with Gasteiger partial charge in [0.25, 0.3) is 0 Å². The molecule has 3 heteroatoms. The molecule has 0 aliphatic rings. The molecule has 66 valence electrons. The first kappa shape index (κ1) is 10.8. The summed E-state index contributed by atoms with van der Waals surface area (Å²) < 4.78 is 0. The van der Waals surface area contributed by atoms with Gasteiger partial charge in [0, 0.05) is 6.54 Å². The number of hydrogen-bond acceptors (Lipinski definition) is 2. The topological polar surface area (TPSA) is 29.1 Å². The van der Waals surface area contributed by atoms with Crippen LogP contribution in [-0.2, 0) is 4.79 Å². The van der Waals surface area contributed by atoms with Crippen molar-refractivity contribution in [1.82, 2.24) is 5.32 Å². The van der Waals surface area contributed by atoms with Crippen molar-refractivity contribution in [3.8, 4) is 0 Å². The van der Waals surface area contributed by atoms with Crippen LogP contribution in [0.3, 0.4) is 0 Å². The number of thiol groups is 1. The molecule has 0 rings (SSSR count). The Morgan fingerprint density at radius 3 is 2.64 bits per heavy atom. The maximum atomic E-state index is 10.7. The van der Waals surface area contributed by atoms with Crippen LogP contribution in [0.1, 0.15) is 32.6 Å². The molecule has 0 aliphatic heterocycles. The second kappa shape index (κ2) is 7.92. The number of nitrogens with one attached hydrogen (secondary N) is 1. The van der Waals surface area contributed by atoms with E-state index in [0.29, 0.717) is 5.75 Å². The van der Waals surface area contributed by atoms with Crippen LogP contribution in [-0.4, -0.2) is 18.2 Å². The van der Waals surface area contributed by atoms with Gasteiger partial charge in [-0.05, 0) is 6.42 Å². The minimum absolute atomic E-state index is 0.0323. The van der Waals surface area contributed by atoms with Crippen molar-refractivity contribution in [2.45, 2.75) is 32.6 Å². The highest BCUT2D eigenvalue weighted by Crippen LogP contribution is 1.96. The van der Waals surface area contributed by atoms with Crippen molar-refractivity contribution in [2.75, 3.05) is 12.3 Å². The molecule has 0 atom stereocenters. The zero-order valence-corrected chi connectivity index (χ0v) is 7.99. The van der Waals surface area contributed by atoms with Gasteiger partial charge in [-0.3, -0.25) is 4.79 Å². The average Bonchev–Trinajstić information content (AvgIpc) is 2.04. The van der Waals surface area contributed by atoms with E-state index < -0.39 is 0 Å². The Morgan fingerprint density at radius 1 is 1.36 bits per heavy atom. The molecule has 0 saturated heterocycles. The number of hydrogen-bond donors (Lipinski definition) is 2. The highest BCUT2D eigenvalue weighted by atomic mass is 32.1. The molecule has 0 heterocycles. The minimum atomic E-state index is 0.0323. The van der Waals surface area contributed by atoms with Gasteiger partial charge in [0.2, 0.25) is 5.91 Å². The van der Waals surface area contributed by atoms with Gasteiger partial charge < -0.3 is 5.32 Å². The molecule has 0 aliphatic carbocycles. The Bertz CT molecular complexity index is 106. The molecule has 0 aromatic rings. The monoisotopic (exact) mass is 175 g/mol. The number of carbonyl (C=O) groups is 1. The molecular weight excluding hydrogens is 158 g/mol. The fraction of sp³-hybridized carbons (Fsp3) is 0.875. The summed E-state index contributed by atoms with van der Waals surface area (Å²) in [5, 5.41) is 2.78. The van der Waals surface area contributed by atoms with E-state index in [-0.39, 0.29) is 5.91 Å². The second-order valence-corrected chi connectivity index (χ2v) is 2.88. The molecule has 1 N–H and O–H groups in total. The lowest BCUT2D eigenvalue weighted by atomic mass is 10.2. The van der Waals surface area contributed by atoms with Crippen LogP contribution in [0.5, 0.6) is 0 Å². The Labute approximate surface area is 74.2 Å². The van der Waals surface area contributed by atoms with E-state index in [2.05, 4.69) is 24.9 Å². The van der Waals surface area contributed by atoms with E-state index in [4.69, 9.17) is 0 Å². The van der Waals surface area contributed by atoms with Gasteiger partial charge in [0.15, 0.2) is 0 Å². The molecule has 0 unspecified atom stereocenters. The highest BCUT2D eigenvalue weighted by Gasteiger charge is 1.94. The van der Waals surface area contributed by atoms with Crippen molar-refractivity contribution in [1.29, 1.82) is 0 Å². The predicted octanol–water partition coefficient (Wildman–Crippen LogP) is 1.61. The smallest absolute Gasteiger partial charge is 0.229 e. The Hall–Kier alpha value is -0.180. The van der Waals surface area contributed by atoms with Crippen LogP contribution in [0.4, 0.5) is 0 Å². The van der Waals surface area contributed by atoms with E-state index in [1.54, 1.807) is 0 Å². The van der Waals surface area contributed by atoms with Crippen molar-refractivity contribution in [3.63, 3.8) is 0 Å². The lowest BCUT2D eigenvalue weighted by Gasteiger charge is -2.01. The fourth-order valence-corrected chi connectivity index (χ4v) is 0.947. The van der Waals surface area contributed by atoms with E-state index in [1.807, 2.05) is 0 Å². The summed E-state index contributed by atoms with van der Waals surface area (Å²) in [6, 6.07) is 0. The fourth-order valence-electron chi connectivity index (χ4n) is 0.835. The van der Waals surface area contributed by atoms with Crippen LogP contribution < -0.4 is 5.32 Å². The van der Waals surface area contributed by atoms with Gasteiger partial charge in [0.05, 0.1) is 5.75 Å². The summed E-state index contributed by atoms with van der Waals surface area (Å²) in [6.07, 6.45) is 4.80. The van der Waals surface area contributed by atoms with E-state index in [1.165, 1.54) is 19.3 Å². The summed E-state index contributed by atoms with van der Waals surface area (Å²) in [4.78, 5) is 10.7. The number of amides is 1. The Kier molecular flexibility index (Phi) is 7.79. The third-order valence-electron chi connectivity index (χ3n) is 1.50. The van der Waals surface area contributed by atoms with Crippen molar-refractivity contribution in [2.24, 2.45) is 0 Å². The minimum Gasteiger partial charge on any atom is -0.355 e. The molecular formula is C8H17NOS. The van der Waals surface area contributed by atoms with Gasteiger partial charge in [-0.2, -0.15) is 12.6 Å². The Balaban J connectivity index is 2.95. The van der Waals surface area contributed by atoms with Gasteiger partial charge in [0.1, 0.15) is 0 Å². The van der Waals surface area contributed by atoms with Crippen LogP contribution >= 0.6 is 12.6 Å². The molecule has 0 saturated carbocycles. The lowest BCUT2D eigenvalue weighted by Crippen LogP contribution is -2.25. The number of carbonyl (C=O) groups excluding carboxylic acids is 1. The molecule has 0 spiro atoms. The van der Waals surface area contributed by atoms with E-state index in [9.17, 15) is 4.79 Å². The predicted molar refractivity (Wildman–Crippen MR) is 51.0 cm³/mol. The lowest BCUT2D eigenvalue weighted by molar-refractivity contribution is -0.118. The summed E-state index contributed by atoms with van der Waals surface area (Å²) in [7, 11) is 0. The number of rotatable bonds is 6. The summed E-state index contributed by atoms with van der Waals surface area (Å²) in [5.41, 5.74) is 0. The number of unbranched alkanes of at least 4 members (excludes halogenated alkanes) is 3. The van der Waals surface area contributed by atoms with Crippen molar-refractivity contribution >= 4 is 18.5 Å². The zero-order valence-electron chi connectivity index (χ0n) is 7.10. The first-order valence-electron chi connectivity index (χ1n) is 4.18. The Morgan fingerprint density at radius 2 is 2.09 bits per heavy atom. The van der Waals surface area contributed by atoms with E-state index in [0.717, 1.165) is 13.0 Å². The van der Waals surface area contributed by atoms with Gasteiger partial charge in [-0.25, -0.2) is 0 Å². The summed E-state index contributed by atoms with van der Waals surface area (Å²) in [6.45, 7) is 2.98. The molecule has 0 aromatic heterocycles. The molecule has 0 aromatic carbocycles. The van der Waals surface area contributed by atoms with Crippen molar-refractivity contribution in [3.05, 3.63) is 0 Å². The standard InChI is InChI=1S/C8H17NOS/c1-2-3-4-5-6-9-8(10)7-11/h11H,2-7H2,1H3,(H,9,10). The van der Waals surface area contributed by atoms with Crippen LogP contribution in [0.15, 0.2) is 0 Å². The molecule has 0 radical (unpaired) electrons. The average molecular weight is 175 g/mol. The van der Waals surface area contributed by atoms with E-state index >= 15 is 0 Å². The SMILES string of the molecule is CCCCCCNC(=O)CS. The van der Waals surface area contributed by atoms with Gasteiger partial charge >= 0.3 is 0 Å². The van der Waals surface area contributed by atoms with Crippen LogP contribution in [0.2, 0.25) is 0 Å². The maximum absolute atomic E-state index is 10.7. The largest absolute Gasteiger partial charge is 0.355 e. The molecule has 0 bridgehead atoms. The van der Waals surface area contributed by atoms with Crippen LogP contribution in [0, 0.1) is 0 Å². The molecule has 0 fully saturated rings. The molecule has 11 heavy (non-hydrogen) atoms. The zero-order chi connectivity index (χ0) is 8.53. The highest BCUT2D eigenvalue weighted by molar-refractivity contribution is 7.81. The summed E-state index contributed by atoms with van der Waals surface area (Å²) in [5.74, 6) is 0.332. The first-order valence-corrected chi connectivity index (χ1v) is 4.82. The van der Waals surface area contributed by atoms with Gasteiger partial charge in [-0.15, -0.1) is 0 Å². The second-order valence-electron chi connectivity index (χ2n) is 2.57. The van der Waals surface area contributed by atoms with Crippen LogP contribution in [0.25, 0.3) is 0 Å². The van der Waals surface area contributed by atoms with Gasteiger partial charge in [-0.1, -0.05) is 26.2 Å².